The van der Waals surface area contributed by atoms with Gasteiger partial charge in [0.25, 0.3) is 0 Å². The lowest BCUT2D eigenvalue weighted by Crippen LogP contribution is -2.59. The summed E-state index contributed by atoms with van der Waals surface area (Å²) >= 11 is 0. The van der Waals surface area contributed by atoms with Gasteiger partial charge in [-0.25, -0.2) is 0 Å². The molecule has 20 heavy (non-hydrogen) atoms. The van der Waals surface area contributed by atoms with Gasteiger partial charge in [0.2, 0.25) is 5.91 Å². The molecule has 0 radical (unpaired) electrons. The monoisotopic (exact) mass is 278 g/mol. The number of hydrogen-bond acceptors (Lipinski definition) is 4. The zero-order valence-corrected chi connectivity index (χ0v) is 12.0. The SMILES string of the molecule is CC(C)NC(COC1COC1)(C(N)=O)c1ccccc1. The highest BCUT2D eigenvalue weighted by Gasteiger charge is 2.40. The normalized spacial score (nSPS) is 18.6. The molecule has 1 atom stereocenters. The van der Waals surface area contributed by atoms with E-state index in [-0.39, 0.29) is 18.8 Å². The van der Waals surface area contributed by atoms with Crippen molar-refractivity contribution in [2.75, 3.05) is 19.8 Å². The van der Waals surface area contributed by atoms with Crippen LogP contribution in [0.25, 0.3) is 0 Å². The smallest absolute Gasteiger partial charge is 0.244 e. The number of carbonyl (C=O) groups is 1. The number of rotatable bonds is 7. The Bertz CT molecular complexity index is 446. The summed E-state index contributed by atoms with van der Waals surface area (Å²) in [5.41, 5.74) is 5.50. The van der Waals surface area contributed by atoms with E-state index in [1.54, 1.807) is 0 Å². The van der Waals surface area contributed by atoms with E-state index >= 15 is 0 Å². The van der Waals surface area contributed by atoms with Gasteiger partial charge in [0.05, 0.1) is 19.8 Å². The Morgan fingerprint density at radius 1 is 1.45 bits per heavy atom. The Balaban J connectivity index is 2.25. The standard InChI is InChI=1S/C15H22N2O3/c1-11(2)17-15(14(16)18,10-20-13-8-19-9-13)12-6-4-3-5-7-12/h3-7,11,13,17H,8-10H2,1-2H3,(H2,16,18). The van der Waals surface area contributed by atoms with Crippen molar-refractivity contribution in [1.29, 1.82) is 0 Å². The van der Waals surface area contributed by atoms with Gasteiger partial charge < -0.3 is 15.2 Å². The van der Waals surface area contributed by atoms with Crippen molar-refractivity contribution in [2.24, 2.45) is 5.73 Å². The van der Waals surface area contributed by atoms with Gasteiger partial charge in [-0.15, -0.1) is 0 Å². The first-order valence-corrected chi connectivity index (χ1v) is 6.87. The van der Waals surface area contributed by atoms with Crippen molar-refractivity contribution in [3.8, 4) is 0 Å². The van der Waals surface area contributed by atoms with Crippen LogP contribution < -0.4 is 11.1 Å². The molecule has 0 aromatic heterocycles. The molecule has 3 N–H and O–H groups in total. The first-order chi connectivity index (χ1) is 9.54. The summed E-state index contributed by atoms with van der Waals surface area (Å²) in [4.78, 5) is 12.1. The highest BCUT2D eigenvalue weighted by Crippen LogP contribution is 2.24. The summed E-state index contributed by atoms with van der Waals surface area (Å²) in [7, 11) is 0. The summed E-state index contributed by atoms with van der Waals surface area (Å²) in [6.07, 6.45) is 0.0476. The van der Waals surface area contributed by atoms with Crippen molar-refractivity contribution in [2.45, 2.75) is 31.5 Å². The molecule has 5 heteroatoms. The second-order valence-electron chi connectivity index (χ2n) is 5.41. The predicted molar refractivity (Wildman–Crippen MR) is 76.1 cm³/mol. The summed E-state index contributed by atoms with van der Waals surface area (Å²) < 4.78 is 10.9. The lowest BCUT2D eigenvalue weighted by Gasteiger charge is -2.36. The van der Waals surface area contributed by atoms with Crippen LogP contribution in [0.3, 0.4) is 0 Å². The van der Waals surface area contributed by atoms with Gasteiger partial charge in [0, 0.05) is 6.04 Å². The van der Waals surface area contributed by atoms with Crippen molar-refractivity contribution in [3.63, 3.8) is 0 Å². The van der Waals surface area contributed by atoms with E-state index in [4.69, 9.17) is 15.2 Å². The first kappa shape index (κ1) is 15.0. The minimum absolute atomic E-state index is 0.0476. The van der Waals surface area contributed by atoms with Gasteiger partial charge in [-0.1, -0.05) is 30.3 Å². The molecule has 1 amide bonds. The molecule has 0 saturated carbocycles. The van der Waals surface area contributed by atoms with Crippen LogP contribution in [0.5, 0.6) is 0 Å². The van der Waals surface area contributed by atoms with E-state index in [2.05, 4.69) is 5.32 Å². The fraction of sp³-hybridized carbons (Fsp3) is 0.533. The summed E-state index contributed by atoms with van der Waals surface area (Å²) in [5, 5.41) is 3.27. The molecule has 1 saturated heterocycles. The second kappa shape index (κ2) is 6.35. The Kier molecular flexibility index (Phi) is 4.75. The molecule has 0 bridgehead atoms. The fourth-order valence-electron chi connectivity index (χ4n) is 2.26. The van der Waals surface area contributed by atoms with Crippen LogP contribution in [0.4, 0.5) is 0 Å². The van der Waals surface area contributed by atoms with Crippen LogP contribution in [0, 0.1) is 0 Å². The molecule has 1 fully saturated rings. The molecule has 5 nitrogen and oxygen atoms in total. The third kappa shape index (κ3) is 3.17. The Hall–Kier alpha value is -1.43. The van der Waals surface area contributed by atoms with E-state index < -0.39 is 11.4 Å². The van der Waals surface area contributed by atoms with Crippen LogP contribution in [0.15, 0.2) is 30.3 Å². The molecule has 1 aliphatic rings. The number of nitrogens with two attached hydrogens (primary N) is 1. The van der Waals surface area contributed by atoms with Crippen LogP contribution in [0.2, 0.25) is 0 Å². The third-order valence-electron chi connectivity index (χ3n) is 3.37. The molecule has 1 unspecified atom stereocenters. The molecule has 0 spiro atoms. The lowest BCUT2D eigenvalue weighted by atomic mass is 9.89. The first-order valence-electron chi connectivity index (χ1n) is 6.87. The topological polar surface area (TPSA) is 73.6 Å². The van der Waals surface area contributed by atoms with Crippen molar-refractivity contribution in [1.82, 2.24) is 5.32 Å². The van der Waals surface area contributed by atoms with Crippen molar-refractivity contribution in [3.05, 3.63) is 35.9 Å². The maximum Gasteiger partial charge on any atom is 0.244 e. The molecule has 1 aliphatic heterocycles. The molecule has 1 aromatic carbocycles. The van der Waals surface area contributed by atoms with Crippen molar-refractivity contribution < 1.29 is 14.3 Å². The van der Waals surface area contributed by atoms with Gasteiger partial charge >= 0.3 is 0 Å². The largest absolute Gasteiger partial charge is 0.376 e. The average Bonchev–Trinajstić information content (AvgIpc) is 2.35. The lowest BCUT2D eigenvalue weighted by molar-refractivity contribution is -0.151. The van der Waals surface area contributed by atoms with Gasteiger partial charge in [-0.3, -0.25) is 10.1 Å². The predicted octanol–water partition coefficient (Wildman–Crippen LogP) is 0.781. The number of benzene rings is 1. The second-order valence-corrected chi connectivity index (χ2v) is 5.41. The Labute approximate surface area is 119 Å². The average molecular weight is 278 g/mol. The maximum atomic E-state index is 12.1. The Morgan fingerprint density at radius 2 is 2.10 bits per heavy atom. The minimum atomic E-state index is -1.01. The fourth-order valence-corrected chi connectivity index (χ4v) is 2.26. The number of amides is 1. The molecular formula is C15H22N2O3. The zero-order chi connectivity index (χ0) is 14.6. The summed E-state index contributed by atoms with van der Waals surface area (Å²) in [6.45, 7) is 5.31. The number of hydrogen-bond donors (Lipinski definition) is 2. The van der Waals surface area contributed by atoms with Crippen molar-refractivity contribution >= 4 is 5.91 Å². The van der Waals surface area contributed by atoms with Gasteiger partial charge in [0.1, 0.15) is 11.6 Å². The number of primary amides is 1. The minimum Gasteiger partial charge on any atom is -0.376 e. The van der Waals surface area contributed by atoms with E-state index in [1.165, 1.54) is 0 Å². The maximum absolute atomic E-state index is 12.1. The van der Waals surface area contributed by atoms with E-state index in [0.29, 0.717) is 13.2 Å². The summed E-state index contributed by atoms with van der Waals surface area (Å²) in [5.74, 6) is -0.433. The van der Waals surface area contributed by atoms with Crippen LogP contribution in [0.1, 0.15) is 19.4 Å². The number of nitrogens with one attached hydrogen (secondary N) is 1. The van der Waals surface area contributed by atoms with E-state index in [1.807, 2.05) is 44.2 Å². The number of ether oxygens (including phenoxy) is 2. The van der Waals surface area contributed by atoms with Gasteiger partial charge in [-0.05, 0) is 19.4 Å². The van der Waals surface area contributed by atoms with E-state index in [0.717, 1.165) is 5.56 Å². The molecule has 1 aromatic rings. The quantitative estimate of drug-likeness (QED) is 0.773. The highest BCUT2D eigenvalue weighted by molar-refractivity contribution is 5.86. The summed E-state index contributed by atoms with van der Waals surface area (Å²) in [6, 6.07) is 9.57. The molecular weight excluding hydrogens is 256 g/mol. The third-order valence-corrected chi connectivity index (χ3v) is 3.37. The molecule has 110 valence electrons. The molecule has 2 rings (SSSR count). The van der Waals surface area contributed by atoms with Crippen LogP contribution in [-0.2, 0) is 19.8 Å². The van der Waals surface area contributed by atoms with Crippen LogP contribution in [-0.4, -0.2) is 37.9 Å². The Morgan fingerprint density at radius 3 is 2.55 bits per heavy atom. The highest BCUT2D eigenvalue weighted by atomic mass is 16.6. The molecule has 1 heterocycles. The zero-order valence-electron chi connectivity index (χ0n) is 12.0. The van der Waals surface area contributed by atoms with Gasteiger partial charge in [0.15, 0.2) is 0 Å². The van der Waals surface area contributed by atoms with Crippen LogP contribution >= 0.6 is 0 Å². The molecule has 0 aliphatic carbocycles. The number of carbonyl (C=O) groups excluding carboxylic acids is 1. The van der Waals surface area contributed by atoms with E-state index in [9.17, 15) is 4.79 Å². The van der Waals surface area contributed by atoms with Gasteiger partial charge in [-0.2, -0.15) is 0 Å².